The standard InChI is InChI=1S/C19H23ClN4O3S/c1-14-18(15(2)22(3)21-14)8-9-19(25)23-10-12-24(13-11-23)28(26,27)17-6-4-16(20)5-7-17/h4-9H,10-13H2,1-3H3/b9-8+. The van der Waals surface area contributed by atoms with Gasteiger partial charge in [-0.1, -0.05) is 11.6 Å². The number of aromatic nitrogens is 2. The molecule has 0 radical (unpaired) electrons. The molecule has 1 amide bonds. The van der Waals surface area contributed by atoms with Crippen LogP contribution in [0.3, 0.4) is 0 Å². The van der Waals surface area contributed by atoms with Gasteiger partial charge >= 0.3 is 0 Å². The van der Waals surface area contributed by atoms with Crippen molar-refractivity contribution < 1.29 is 13.2 Å². The number of sulfonamides is 1. The molecule has 0 bridgehead atoms. The highest BCUT2D eigenvalue weighted by Gasteiger charge is 2.29. The molecule has 0 atom stereocenters. The van der Waals surface area contributed by atoms with Gasteiger partial charge in [-0.3, -0.25) is 9.48 Å². The zero-order valence-electron chi connectivity index (χ0n) is 16.1. The molecule has 0 saturated carbocycles. The maximum Gasteiger partial charge on any atom is 0.246 e. The van der Waals surface area contributed by atoms with Gasteiger partial charge in [0.05, 0.1) is 10.6 Å². The molecule has 2 aromatic rings. The Morgan fingerprint density at radius 1 is 1.11 bits per heavy atom. The van der Waals surface area contributed by atoms with Crippen LogP contribution in [-0.4, -0.2) is 59.5 Å². The van der Waals surface area contributed by atoms with E-state index >= 15 is 0 Å². The molecule has 0 aliphatic carbocycles. The van der Waals surface area contributed by atoms with E-state index < -0.39 is 10.0 Å². The second-order valence-corrected chi connectivity index (χ2v) is 9.10. The number of nitrogens with zero attached hydrogens (tertiary/aromatic N) is 4. The first-order valence-electron chi connectivity index (χ1n) is 8.93. The molecule has 9 heteroatoms. The van der Waals surface area contributed by atoms with E-state index in [2.05, 4.69) is 5.10 Å². The number of aryl methyl sites for hydroxylation is 2. The molecule has 1 aromatic carbocycles. The highest BCUT2D eigenvalue weighted by molar-refractivity contribution is 7.89. The number of carbonyl (C=O) groups excluding carboxylic acids is 1. The number of benzene rings is 1. The topological polar surface area (TPSA) is 75.5 Å². The van der Waals surface area contributed by atoms with Crippen LogP contribution in [0.15, 0.2) is 35.2 Å². The molecule has 1 fully saturated rings. The summed E-state index contributed by atoms with van der Waals surface area (Å²) >= 11 is 5.83. The molecule has 2 heterocycles. The van der Waals surface area contributed by atoms with Gasteiger partial charge in [-0.2, -0.15) is 9.40 Å². The normalized spacial score (nSPS) is 16.1. The fourth-order valence-corrected chi connectivity index (χ4v) is 4.74. The second-order valence-electron chi connectivity index (χ2n) is 6.72. The van der Waals surface area contributed by atoms with Crippen LogP contribution in [0.5, 0.6) is 0 Å². The predicted octanol–water partition coefficient (Wildman–Crippen LogP) is 2.24. The van der Waals surface area contributed by atoms with Crippen molar-refractivity contribution in [2.45, 2.75) is 18.7 Å². The summed E-state index contributed by atoms with van der Waals surface area (Å²) in [7, 11) is -1.72. The number of hydrogen-bond acceptors (Lipinski definition) is 4. The molecule has 1 aromatic heterocycles. The fraction of sp³-hybridized carbons (Fsp3) is 0.368. The van der Waals surface area contributed by atoms with Crippen molar-refractivity contribution in [3.63, 3.8) is 0 Å². The third-order valence-electron chi connectivity index (χ3n) is 4.96. The zero-order chi connectivity index (χ0) is 20.5. The van der Waals surface area contributed by atoms with Crippen molar-refractivity contribution in [3.8, 4) is 0 Å². The van der Waals surface area contributed by atoms with Gasteiger partial charge in [0.25, 0.3) is 0 Å². The van der Waals surface area contributed by atoms with Crippen LogP contribution in [0.25, 0.3) is 6.08 Å². The van der Waals surface area contributed by atoms with Crippen LogP contribution in [0.2, 0.25) is 5.02 Å². The third-order valence-corrected chi connectivity index (χ3v) is 7.12. The zero-order valence-corrected chi connectivity index (χ0v) is 17.7. The number of rotatable bonds is 4. The van der Waals surface area contributed by atoms with Gasteiger partial charge in [-0.15, -0.1) is 0 Å². The SMILES string of the molecule is Cc1nn(C)c(C)c1/C=C/C(=O)N1CCN(S(=O)(=O)c2ccc(Cl)cc2)CC1. The molecule has 1 aliphatic heterocycles. The molecule has 7 nitrogen and oxygen atoms in total. The molecule has 0 unspecified atom stereocenters. The molecule has 0 spiro atoms. The summed E-state index contributed by atoms with van der Waals surface area (Å²) in [6, 6.07) is 6.11. The van der Waals surface area contributed by atoms with E-state index in [0.29, 0.717) is 18.1 Å². The minimum absolute atomic E-state index is 0.133. The Balaban J connectivity index is 1.64. The lowest BCUT2D eigenvalue weighted by Crippen LogP contribution is -2.50. The number of carbonyl (C=O) groups is 1. The van der Waals surface area contributed by atoms with Crippen LogP contribution in [0, 0.1) is 13.8 Å². The monoisotopic (exact) mass is 422 g/mol. The third kappa shape index (κ3) is 4.14. The molecule has 28 heavy (non-hydrogen) atoms. The van der Waals surface area contributed by atoms with Crippen molar-refractivity contribution >= 4 is 33.6 Å². The summed E-state index contributed by atoms with van der Waals surface area (Å²) in [4.78, 5) is 14.4. The van der Waals surface area contributed by atoms with Crippen LogP contribution in [-0.2, 0) is 21.9 Å². The number of amides is 1. The first kappa shape index (κ1) is 20.6. The largest absolute Gasteiger partial charge is 0.337 e. The molecule has 1 aliphatic rings. The molecule has 1 saturated heterocycles. The van der Waals surface area contributed by atoms with Crippen molar-refractivity contribution in [2.24, 2.45) is 7.05 Å². The Hall–Kier alpha value is -2.16. The van der Waals surface area contributed by atoms with Gasteiger partial charge in [0.15, 0.2) is 0 Å². The Bertz CT molecular complexity index is 1000. The van der Waals surface area contributed by atoms with Gasteiger partial charge in [0.1, 0.15) is 0 Å². The molecular weight excluding hydrogens is 400 g/mol. The Kier molecular flexibility index (Phi) is 5.92. The van der Waals surface area contributed by atoms with Crippen LogP contribution >= 0.6 is 11.6 Å². The van der Waals surface area contributed by atoms with Gasteiger partial charge in [0, 0.05) is 55.6 Å². The van der Waals surface area contributed by atoms with E-state index in [1.807, 2.05) is 20.9 Å². The summed E-state index contributed by atoms with van der Waals surface area (Å²) in [5.74, 6) is -0.133. The summed E-state index contributed by atoms with van der Waals surface area (Å²) in [6.45, 7) is 5.06. The van der Waals surface area contributed by atoms with Crippen LogP contribution < -0.4 is 0 Å². The molecule has 150 valence electrons. The van der Waals surface area contributed by atoms with Crippen molar-refractivity contribution in [3.05, 3.63) is 52.3 Å². The first-order valence-corrected chi connectivity index (χ1v) is 10.7. The second kappa shape index (κ2) is 8.06. The summed E-state index contributed by atoms with van der Waals surface area (Å²) in [5, 5.41) is 4.82. The molecule has 0 N–H and O–H groups in total. The Morgan fingerprint density at radius 2 is 1.71 bits per heavy atom. The summed E-state index contributed by atoms with van der Waals surface area (Å²) in [5.41, 5.74) is 2.78. The minimum atomic E-state index is -3.58. The van der Waals surface area contributed by atoms with Gasteiger partial charge in [-0.25, -0.2) is 8.42 Å². The van der Waals surface area contributed by atoms with Crippen molar-refractivity contribution in [1.29, 1.82) is 0 Å². The van der Waals surface area contributed by atoms with E-state index in [0.717, 1.165) is 17.0 Å². The average Bonchev–Trinajstić information content (AvgIpc) is 2.92. The maximum absolute atomic E-state index is 12.7. The highest BCUT2D eigenvalue weighted by atomic mass is 35.5. The number of piperazine rings is 1. The van der Waals surface area contributed by atoms with Gasteiger partial charge < -0.3 is 4.90 Å². The Labute approximate surface area is 170 Å². The van der Waals surface area contributed by atoms with E-state index in [-0.39, 0.29) is 23.9 Å². The summed E-state index contributed by atoms with van der Waals surface area (Å²) < 4.78 is 28.6. The lowest BCUT2D eigenvalue weighted by Gasteiger charge is -2.33. The van der Waals surface area contributed by atoms with Crippen molar-refractivity contribution in [1.82, 2.24) is 19.0 Å². The lowest BCUT2D eigenvalue weighted by molar-refractivity contribution is -0.127. The average molecular weight is 423 g/mol. The molecule has 3 rings (SSSR count). The highest BCUT2D eigenvalue weighted by Crippen LogP contribution is 2.20. The van der Waals surface area contributed by atoms with E-state index in [4.69, 9.17) is 11.6 Å². The van der Waals surface area contributed by atoms with E-state index in [1.165, 1.54) is 22.5 Å². The van der Waals surface area contributed by atoms with E-state index in [1.54, 1.807) is 27.8 Å². The first-order chi connectivity index (χ1) is 13.2. The quantitative estimate of drug-likeness (QED) is 0.708. The van der Waals surface area contributed by atoms with Gasteiger partial charge in [0.2, 0.25) is 15.9 Å². The van der Waals surface area contributed by atoms with Gasteiger partial charge in [-0.05, 0) is 44.2 Å². The van der Waals surface area contributed by atoms with E-state index in [9.17, 15) is 13.2 Å². The smallest absolute Gasteiger partial charge is 0.246 e. The van der Waals surface area contributed by atoms with Crippen LogP contribution in [0.4, 0.5) is 0 Å². The predicted molar refractivity (Wildman–Crippen MR) is 109 cm³/mol. The van der Waals surface area contributed by atoms with Crippen LogP contribution in [0.1, 0.15) is 17.0 Å². The number of hydrogen-bond donors (Lipinski definition) is 0. The fourth-order valence-electron chi connectivity index (χ4n) is 3.20. The minimum Gasteiger partial charge on any atom is -0.337 e. The Morgan fingerprint density at radius 3 is 2.25 bits per heavy atom. The lowest BCUT2D eigenvalue weighted by atomic mass is 10.2. The van der Waals surface area contributed by atoms with Crippen molar-refractivity contribution in [2.75, 3.05) is 26.2 Å². The summed E-state index contributed by atoms with van der Waals surface area (Å²) in [6.07, 6.45) is 3.30. The number of halogens is 1. The maximum atomic E-state index is 12.7. The molecular formula is C19H23ClN4O3S.